The Labute approximate surface area is 222 Å². The third kappa shape index (κ3) is 4.84. The maximum absolute atomic E-state index is 13.8. The number of fused-ring (bicyclic) bond motifs is 1. The Hall–Kier alpha value is -3.69. The Bertz CT molecular complexity index is 1700. The standard InChI is InChI=1S/C27H27ClN4O4S/c1-14-8-10-19(11-16(14)3)32-24(34)22-17(4)23(25(35)30(5)6)37-26(22)31(27(32)36)13-21(33)29-20-12-18(28)9-7-15(20)2/h7-12H,13H2,1-6H3,(H,29,33). The number of thiophene rings is 1. The van der Waals surface area contributed by atoms with Crippen LogP contribution in [0.1, 0.15) is 31.9 Å². The van der Waals surface area contributed by atoms with Crippen molar-refractivity contribution in [1.29, 1.82) is 0 Å². The SMILES string of the molecule is Cc1ccc(-n2c(=O)c3c(C)c(C(=O)N(C)C)sc3n(CC(=O)Nc3cc(Cl)ccc3C)c2=O)cc1C. The van der Waals surface area contributed by atoms with E-state index in [1.165, 1.54) is 9.47 Å². The van der Waals surface area contributed by atoms with Gasteiger partial charge in [-0.15, -0.1) is 11.3 Å². The van der Waals surface area contributed by atoms with Crippen LogP contribution in [0.15, 0.2) is 46.0 Å². The van der Waals surface area contributed by atoms with Gasteiger partial charge in [0, 0.05) is 24.8 Å². The van der Waals surface area contributed by atoms with E-state index in [9.17, 15) is 19.2 Å². The van der Waals surface area contributed by atoms with Crippen LogP contribution in [-0.4, -0.2) is 39.9 Å². The Morgan fingerprint density at radius 1 is 0.973 bits per heavy atom. The van der Waals surface area contributed by atoms with Gasteiger partial charge in [0.05, 0.1) is 16.0 Å². The number of carbonyl (C=O) groups is 2. The molecule has 2 aromatic carbocycles. The number of nitrogens with one attached hydrogen (secondary N) is 1. The number of rotatable bonds is 5. The van der Waals surface area contributed by atoms with Gasteiger partial charge >= 0.3 is 5.69 Å². The highest BCUT2D eigenvalue weighted by atomic mass is 35.5. The molecular formula is C27H27ClN4O4S. The van der Waals surface area contributed by atoms with Crippen molar-refractivity contribution in [2.45, 2.75) is 34.2 Å². The van der Waals surface area contributed by atoms with Crippen LogP contribution in [0.4, 0.5) is 5.69 Å². The second-order valence-corrected chi connectivity index (χ2v) is 10.7. The molecule has 192 valence electrons. The molecule has 37 heavy (non-hydrogen) atoms. The lowest BCUT2D eigenvalue weighted by Crippen LogP contribution is -2.40. The summed E-state index contributed by atoms with van der Waals surface area (Å²) in [5, 5.41) is 3.50. The van der Waals surface area contributed by atoms with Crippen molar-refractivity contribution in [1.82, 2.24) is 14.0 Å². The summed E-state index contributed by atoms with van der Waals surface area (Å²) in [6, 6.07) is 10.4. The molecule has 0 unspecified atom stereocenters. The van der Waals surface area contributed by atoms with Gasteiger partial charge in [-0.05, 0) is 74.2 Å². The molecule has 0 aliphatic heterocycles. The van der Waals surface area contributed by atoms with Crippen LogP contribution in [0.25, 0.3) is 15.9 Å². The molecule has 2 heterocycles. The third-order valence-electron chi connectivity index (χ3n) is 6.34. The van der Waals surface area contributed by atoms with Crippen molar-refractivity contribution in [3.8, 4) is 5.69 Å². The second-order valence-electron chi connectivity index (χ2n) is 9.22. The Balaban J connectivity index is 1.95. The van der Waals surface area contributed by atoms with Crippen LogP contribution in [0, 0.1) is 27.7 Å². The zero-order chi connectivity index (χ0) is 27.2. The smallest absolute Gasteiger partial charge is 0.337 e. The molecule has 0 saturated carbocycles. The summed E-state index contributed by atoms with van der Waals surface area (Å²) in [6.07, 6.45) is 0. The molecule has 2 amide bonds. The normalized spacial score (nSPS) is 11.1. The van der Waals surface area contributed by atoms with E-state index in [2.05, 4.69) is 5.32 Å². The molecule has 0 aliphatic rings. The van der Waals surface area contributed by atoms with Gasteiger partial charge in [-0.25, -0.2) is 9.36 Å². The average molecular weight is 539 g/mol. The first-order valence-electron chi connectivity index (χ1n) is 11.5. The first-order valence-corrected chi connectivity index (χ1v) is 12.7. The van der Waals surface area contributed by atoms with Crippen LogP contribution in [-0.2, 0) is 11.3 Å². The van der Waals surface area contributed by atoms with E-state index >= 15 is 0 Å². The van der Waals surface area contributed by atoms with Gasteiger partial charge in [0.1, 0.15) is 11.4 Å². The van der Waals surface area contributed by atoms with Crippen LogP contribution >= 0.6 is 22.9 Å². The van der Waals surface area contributed by atoms with E-state index in [-0.39, 0.29) is 22.7 Å². The molecule has 0 spiro atoms. The fourth-order valence-corrected chi connectivity index (χ4v) is 5.53. The van der Waals surface area contributed by atoms with Gasteiger partial charge < -0.3 is 10.2 Å². The number of anilines is 1. The number of aryl methyl sites for hydroxylation is 4. The highest BCUT2D eigenvalue weighted by Crippen LogP contribution is 2.29. The van der Waals surface area contributed by atoms with Gasteiger partial charge in [0.15, 0.2) is 0 Å². The van der Waals surface area contributed by atoms with Gasteiger partial charge in [0.2, 0.25) is 5.91 Å². The number of aromatic nitrogens is 2. The van der Waals surface area contributed by atoms with E-state index < -0.39 is 17.2 Å². The minimum absolute atomic E-state index is 0.236. The predicted molar refractivity (Wildman–Crippen MR) is 149 cm³/mol. The predicted octanol–water partition coefficient (Wildman–Crippen LogP) is 4.44. The molecular weight excluding hydrogens is 512 g/mol. The summed E-state index contributed by atoms with van der Waals surface area (Å²) in [4.78, 5) is 55.5. The summed E-state index contributed by atoms with van der Waals surface area (Å²) >= 11 is 7.13. The molecule has 0 aliphatic carbocycles. The first-order chi connectivity index (χ1) is 17.4. The lowest BCUT2D eigenvalue weighted by atomic mass is 10.1. The minimum atomic E-state index is -0.663. The maximum Gasteiger partial charge on any atom is 0.337 e. The minimum Gasteiger partial charge on any atom is -0.344 e. The van der Waals surface area contributed by atoms with E-state index in [4.69, 9.17) is 11.6 Å². The van der Waals surface area contributed by atoms with Crippen LogP contribution in [0.3, 0.4) is 0 Å². The van der Waals surface area contributed by atoms with E-state index in [0.29, 0.717) is 26.8 Å². The summed E-state index contributed by atoms with van der Waals surface area (Å²) < 4.78 is 2.32. The van der Waals surface area contributed by atoms with Crippen LogP contribution < -0.4 is 16.6 Å². The molecule has 0 atom stereocenters. The summed E-state index contributed by atoms with van der Waals surface area (Å²) in [6.45, 7) is 6.99. The van der Waals surface area contributed by atoms with Crippen molar-refractivity contribution in [2.24, 2.45) is 0 Å². The molecule has 2 aromatic heterocycles. The summed E-state index contributed by atoms with van der Waals surface area (Å²) in [7, 11) is 3.24. The Morgan fingerprint density at radius 3 is 2.30 bits per heavy atom. The zero-order valence-electron chi connectivity index (χ0n) is 21.4. The average Bonchev–Trinajstić information content (AvgIpc) is 3.18. The zero-order valence-corrected chi connectivity index (χ0v) is 23.0. The molecule has 0 saturated heterocycles. The van der Waals surface area contributed by atoms with Crippen molar-refractivity contribution in [3.05, 3.63) is 89.4 Å². The molecule has 1 N–H and O–H groups in total. The number of hydrogen-bond donors (Lipinski definition) is 1. The molecule has 0 bridgehead atoms. The molecule has 10 heteroatoms. The monoisotopic (exact) mass is 538 g/mol. The number of carbonyl (C=O) groups excluding carboxylic acids is 2. The number of amides is 2. The lowest BCUT2D eigenvalue weighted by Gasteiger charge is -2.14. The van der Waals surface area contributed by atoms with Crippen molar-refractivity contribution in [3.63, 3.8) is 0 Å². The van der Waals surface area contributed by atoms with Crippen LogP contribution in [0.5, 0.6) is 0 Å². The first kappa shape index (κ1) is 26.4. The second kappa shape index (κ2) is 9.99. The van der Waals surface area contributed by atoms with Gasteiger partial charge in [-0.2, -0.15) is 0 Å². The van der Waals surface area contributed by atoms with Crippen molar-refractivity contribution < 1.29 is 9.59 Å². The number of nitrogens with zero attached hydrogens (tertiary/aromatic N) is 3. The highest BCUT2D eigenvalue weighted by Gasteiger charge is 2.25. The molecule has 0 fully saturated rings. The lowest BCUT2D eigenvalue weighted by molar-refractivity contribution is -0.116. The number of benzene rings is 2. The molecule has 0 radical (unpaired) electrons. The van der Waals surface area contributed by atoms with Gasteiger partial charge in [-0.3, -0.25) is 19.0 Å². The fourth-order valence-electron chi connectivity index (χ4n) is 4.05. The Kier molecular flexibility index (Phi) is 7.12. The Morgan fingerprint density at radius 2 is 1.65 bits per heavy atom. The van der Waals surface area contributed by atoms with Crippen molar-refractivity contribution >= 4 is 50.7 Å². The van der Waals surface area contributed by atoms with E-state index in [1.807, 2.05) is 26.8 Å². The van der Waals surface area contributed by atoms with Crippen molar-refractivity contribution in [2.75, 3.05) is 19.4 Å². The van der Waals surface area contributed by atoms with Gasteiger partial charge in [0.25, 0.3) is 11.5 Å². The number of hydrogen-bond acceptors (Lipinski definition) is 5. The summed E-state index contributed by atoms with van der Waals surface area (Å²) in [5.41, 5.74) is 2.93. The highest BCUT2D eigenvalue weighted by molar-refractivity contribution is 7.20. The van der Waals surface area contributed by atoms with Crippen LogP contribution in [0.2, 0.25) is 5.02 Å². The van der Waals surface area contributed by atoms with Gasteiger partial charge in [-0.1, -0.05) is 23.7 Å². The molecule has 8 nitrogen and oxygen atoms in total. The van der Waals surface area contributed by atoms with E-state index in [0.717, 1.165) is 32.6 Å². The third-order valence-corrected chi connectivity index (χ3v) is 7.87. The van der Waals surface area contributed by atoms with E-state index in [1.54, 1.807) is 51.4 Å². The molecule has 4 aromatic rings. The topological polar surface area (TPSA) is 93.4 Å². The number of halogens is 1. The summed E-state index contributed by atoms with van der Waals surface area (Å²) in [5.74, 6) is -0.751. The fraction of sp³-hybridized carbons (Fsp3) is 0.259. The largest absolute Gasteiger partial charge is 0.344 e. The molecule has 4 rings (SSSR count). The quantitative estimate of drug-likeness (QED) is 0.406. The maximum atomic E-state index is 13.8.